The Balaban J connectivity index is 3.07. The maximum Gasteiger partial charge on any atom is 0.303 e. The van der Waals surface area contributed by atoms with Gasteiger partial charge in [0.05, 0.1) is 6.61 Å². The maximum absolute atomic E-state index is 15.5. The van der Waals surface area contributed by atoms with Crippen LogP contribution in [0.4, 0.5) is 0 Å². The van der Waals surface area contributed by atoms with Gasteiger partial charge in [-0.25, -0.2) is 0 Å². The van der Waals surface area contributed by atoms with Crippen molar-refractivity contribution in [3.63, 3.8) is 0 Å². The van der Waals surface area contributed by atoms with Crippen LogP contribution in [0.1, 0.15) is 157 Å². The first-order chi connectivity index (χ1) is 45.1. The molecule has 6 N–H and O–H groups in total. The lowest BCUT2D eigenvalue weighted by Crippen LogP contribution is -2.64. The number of rotatable bonds is 19. The van der Waals surface area contributed by atoms with Gasteiger partial charge in [-0.15, -0.1) is 0 Å². The van der Waals surface area contributed by atoms with E-state index in [4.69, 9.17) is 9.47 Å². The summed E-state index contributed by atoms with van der Waals surface area (Å²) in [4.78, 5) is 198. The number of carbonyl (C=O) groups is 13. The molecular formula is C69H121N13O15. The Morgan fingerprint density at radius 1 is 0.515 bits per heavy atom. The predicted octanol–water partition coefficient (Wildman–Crippen LogP) is 1.92. The van der Waals surface area contributed by atoms with Crippen molar-refractivity contribution in [2.75, 3.05) is 81.7 Å². The van der Waals surface area contributed by atoms with Crippen molar-refractivity contribution in [2.24, 2.45) is 41.4 Å². The standard InChI is InChI=1S/C69H121N13O15/c1-25-27-28-43(13)58(97-48(18)83)57-63(89)73-49(26-2)65(91)76(19)47(17)60(86)75-55(44(14)36-96-37-53(84)82-31-29-70-30-32-82)62(88)74-54(41(9)10)68(94)77(20)50(33-38(3)4)61(87)71-45(15)59(85)72-46(16)64(90)78(21)51(34-39(5)6)66(92)79(22)52(35-40(7)8)67(93)80(23)56(42(11)12)69(95)81(57)24/h25,27,38-47,49-52,54-58,70H,26,28-37H2,1-24H3,(H,71,87)(H,72,85)(H,73,89)(H,74,88)(H,75,86)/b27-25+/t43-,44-,45+,46-,47-,49+,50+,51+,52+,54+,55+,56+,57+,58-/m1/s1. The summed E-state index contributed by atoms with van der Waals surface area (Å²) >= 11 is 0. The summed E-state index contributed by atoms with van der Waals surface area (Å²) in [6, 6.07) is -14.7. The molecule has 0 spiro atoms. The number of amides is 12. The average Bonchev–Trinajstić information content (AvgIpc) is 0.800. The number of piperazine rings is 1. The molecule has 97 heavy (non-hydrogen) atoms. The SMILES string of the molecule is C/C=C/C[C@@H](C)[C@@H](OC(C)=O)[C@H]1C(=O)N[C@@H](CC)C(=O)N(C)[C@H](C)C(=O)N[C@@H]([C@H](C)COCC(=O)N2CCNCC2)C(=O)N[C@@H](C(C)C)C(=O)N(C)[C@@H](CC(C)C)C(=O)N[C@@H](C)C(=O)N[C@H](C)C(=O)N(C)[C@@H](CC(C)C)C(=O)N(C)[C@@H](CC(C)C)C(=O)N(C)[C@@H](C(C)C)C(=O)N1C. The summed E-state index contributed by atoms with van der Waals surface area (Å²) in [7, 11) is 8.35. The average molecular weight is 1370 g/mol. The Labute approximate surface area is 577 Å². The number of likely N-dealkylation sites (N-methyl/N-ethyl adjacent to an activating group) is 6. The number of hydrogen-bond acceptors (Lipinski definition) is 16. The van der Waals surface area contributed by atoms with E-state index in [-0.39, 0.29) is 69.0 Å². The van der Waals surface area contributed by atoms with Gasteiger partial charge >= 0.3 is 5.97 Å². The zero-order chi connectivity index (χ0) is 74.4. The quantitative estimate of drug-likeness (QED) is 0.0795. The number of nitrogens with one attached hydrogen (secondary N) is 6. The minimum Gasteiger partial charge on any atom is -0.459 e. The van der Waals surface area contributed by atoms with Gasteiger partial charge in [-0.1, -0.05) is 102 Å². The maximum atomic E-state index is 15.5. The zero-order valence-corrected chi connectivity index (χ0v) is 62.7. The van der Waals surface area contributed by atoms with Gasteiger partial charge in [-0.2, -0.15) is 0 Å². The van der Waals surface area contributed by atoms with Crippen LogP contribution < -0.4 is 31.9 Å². The molecule has 0 bridgehead atoms. The second kappa shape index (κ2) is 40.0. The third-order valence-electron chi connectivity index (χ3n) is 18.3. The highest BCUT2D eigenvalue weighted by Crippen LogP contribution is 2.27. The normalized spacial score (nSPS) is 26.8. The molecule has 2 rings (SSSR count). The first kappa shape index (κ1) is 85.9. The van der Waals surface area contributed by atoms with Gasteiger partial charge in [0, 0.05) is 81.3 Å². The lowest BCUT2D eigenvalue weighted by Gasteiger charge is -2.42. The molecular weight excluding hydrogens is 1250 g/mol. The van der Waals surface area contributed by atoms with Crippen molar-refractivity contribution in [1.29, 1.82) is 0 Å². The topological polar surface area (TPSA) is 335 Å². The number of esters is 1. The zero-order valence-electron chi connectivity index (χ0n) is 62.7. The lowest BCUT2D eigenvalue weighted by molar-refractivity contribution is -0.164. The minimum absolute atomic E-state index is 0.0603. The number of nitrogens with zero attached hydrogens (tertiary/aromatic N) is 7. The molecule has 2 saturated heterocycles. The molecule has 0 aliphatic carbocycles. The van der Waals surface area contributed by atoms with E-state index in [1.807, 2.05) is 41.5 Å². The highest BCUT2D eigenvalue weighted by molar-refractivity contribution is 6.00. The molecule has 28 nitrogen and oxygen atoms in total. The van der Waals surface area contributed by atoms with Gasteiger partial charge in [-0.3, -0.25) is 62.3 Å². The van der Waals surface area contributed by atoms with E-state index < -0.39 is 167 Å². The molecule has 12 amide bonds. The van der Waals surface area contributed by atoms with Crippen molar-refractivity contribution < 1.29 is 71.8 Å². The molecule has 28 heteroatoms. The van der Waals surface area contributed by atoms with Crippen molar-refractivity contribution in [3.8, 4) is 0 Å². The summed E-state index contributed by atoms with van der Waals surface area (Å²) in [5.41, 5.74) is 0. The van der Waals surface area contributed by atoms with E-state index in [1.54, 1.807) is 72.4 Å². The van der Waals surface area contributed by atoms with Crippen molar-refractivity contribution >= 4 is 76.9 Å². The lowest BCUT2D eigenvalue weighted by atomic mass is 9.91. The number of allylic oxidation sites excluding steroid dienone is 2. The Kier molecular flexibility index (Phi) is 35.4. The molecule has 2 fully saturated rings. The molecule has 0 radical (unpaired) electrons. The Hall–Kier alpha value is -7.23. The van der Waals surface area contributed by atoms with Gasteiger partial charge in [0.15, 0.2) is 0 Å². The van der Waals surface area contributed by atoms with Crippen LogP contribution in [0.15, 0.2) is 12.2 Å². The molecule has 2 aliphatic heterocycles. The van der Waals surface area contributed by atoms with Crippen LogP contribution in [0.2, 0.25) is 0 Å². The minimum atomic E-state index is -1.65. The summed E-state index contributed by atoms with van der Waals surface area (Å²) in [6.45, 7) is 31.5. The van der Waals surface area contributed by atoms with Crippen molar-refractivity contribution in [3.05, 3.63) is 12.2 Å². The fourth-order valence-electron chi connectivity index (χ4n) is 12.1. The van der Waals surface area contributed by atoms with Crippen LogP contribution in [0.5, 0.6) is 0 Å². The van der Waals surface area contributed by atoms with E-state index in [9.17, 15) is 43.2 Å². The third-order valence-corrected chi connectivity index (χ3v) is 18.3. The smallest absolute Gasteiger partial charge is 0.303 e. The number of ether oxygens (including phenoxy) is 2. The van der Waals surface area contributed by atoms with Crippen LogP contribution in [0.3, 0.4) is 0 Å². The van der Waals surface area contributed by atoms with Crippen LogP contribution in [0.25, 0.3) is 0 Å². The van der Waals surface area contributed by atoms with Gasteiger partial charge in [0.2, 0.25) is 70.9 Å². The van der Waals surface area contributed by atoms with E-state index in [1.165, 1.54) is 82.7 Å². The largest absolute Gasteiger partial charge is 0.459 e. The van der Waals surface area contributed by atoms with E-state index >= 15 is 19.2 Å². The summed E-state index contributed by atoms with van der Waals surface area (Å²) in [6.07, 6.45) is 2.76. The molecule has 14 atom stereocenters. The van der Waals surface area contributed by atoms with Gasteiger partial charge in [0.25, 0.3) is 0 Å². The van der Waals surface area contributed by atoms with E-state index in [0.717, 1.165) is 16.7 Å². The van der Waals surface area contributed by atoms with Crippen molar-refractivity contribution in [1.82, 2.24) is 66.2 Å². The van der Waals surface area contributed by atoms with Crippen LogP contribution in [-0.2, 0) is 71.8 Å². The molecule has 2 aliphatic rings. The number of carbonyl (C=O) groups excluding carboxylic acids is 13. The first-order valence-corrected chi connectivity index (χ1v) is 34.6. The Morgan fingerprint density at radius 2 is 1.00 bits per heavy atom. The predicted molar refractivity (Wildman–Crippen MR) is 368 cm³/mol. The van der Waals surface area contributed by atoms with Crippen molar-refractivity contribution in [2.45, 2.75) is 229 Å². The van der Waals surface area contributed by atoms with Gasteiger partial charge in [-0.05, 0) is 95.3 Å². The van der Waals surface area contributed by atoms with Crippen LogP contribution >= 0.6 is 0 Å². The fraction of sp³-hybridized carbons (Fsp3) is 0.783. The summed E-state index contributed by atoms with van der Waals surface area (Å²) < 4.78 is 11.9. The molecule has 0 aromatic heterocycles. The molecule has 552 valence electrons. The van der Waals surface area contributed by atoms with Crippen LogP contribution in [0, 0.1) is 41.4 Å². The summed E-state index contributed by atoms with van der Waals surface area (Å²) in [5.74, 6) is -12.7. The van der Waals surface area contributed by atoms with Gasteiger partial charge < -0.3 is 75.7 Å². The Bertz CT molecular complexity index is 2740. The highest BCUT2D eigenvalue weighted by Gasteiger charge is 2.47. The molecule has 0 aromatic rings. The second-order valence-corrected chi connectivity index (χ2v) is 28.6. The Morgan fingerprint density at radius 3 is 1.49 bits per heavy atom. The number of hydrogen-bond donors (Lipinski definition) is 6. The summed E-state index contributed by atoms with van der Waals surface area (Å²) in [5, 5.41) is 16.9. The van der Waals surface area contributed by atoms with E-state index in [0.29, 0.717) is 26.2 Å². The molecule has 2 heterocycles. The third kappa shape index (κ3) is 24.6. The second-order valence-electron chi connectivity index (χ2n) is 28.6. The molecule has 0 saturated carbocycles. The highest BCUT2D eigenvalue weighted by atomic mass is 16.5. The van der Waals surface area contributed by atoms with Gasteiger partial charge in [0.1, 0.15) is 79.2 Å². The molecule has 0 unspecified atom stereocenters. The molecule has 0 aromatic carbocycles. The van der Waals surface area contributed by atoms with E-state index in [2.05, 4.69) is 31.9 Å². The monoisotopic (exact) mass is 1370 g/mol. The fourth-order valence-corrected chi connectivity index (χ4v) is 12.1. The van der Waals surface area contributed by atoms with Crippen LogP contribution in [-0.4, -0.2) is 265 Å². The first-order valence-electron chi connectivity index (χ1n) is 34.6.